The highest BCUT2D eigenvalue weighted by molar-refractivity contribution is 5.78. The molecular weight excluding hydrogens is 402 g/mol. The van der Waals surface area contributed by atoms with Gasteiger partial charge in [0.05, 0.1) is 31.3 Å². The van der Waals surface area contributed by atoms with Gasteiger partial charge in [0.2, 0.25) is 5.91 Å². The highest BCUT2D eigenvalue weighted by Crippen LogP contribution is 2.28. The van der Waals surface area contributed by atoms with Gasteiger partial charge in [-0.05, 0) is 49.6 Å². The topological polar surface area (TPSA) is 65.4 Å². The molecule has 170 valence electrons. The second-order valence-corrected chi connectivity index (χ2v) is 8.01. The molecule has 32 heavy (non-hydrogen) atoms. The van der Waals surface area contributed by atoms with E-state index in [0.29, 0.717) is 13.2 Å². The van der Waals surface area contributed by atoms with Crippen molar-refractivity contribution in [3.63, 3.8) is 0 Å². The number of methoxy groups -OCH3 is 1. The maximum atomic E-state index is 12.0. The van der Waals surface area contributed by atoms with Gasteiger partial charge in [-0.1, -0.05) is 44.2 Å². The summed E-state index contributed by atoms with van der Waals surface area (Å²) in [4.78, 5) is 16.7. The summed E-state index contributed by atoms with van der Waals surface area (Å²) in [5.74, 6) is 2.36. The average molecular weight is 436 g/mol. The van der Waals surface area contributed by atoms with Gasteiger partial charge in [0.1, 0.15) is 5.82 Å². The molecule has 1 aromatic heterocycles. The van der Waals surface area contributed by atoms with Crippen LogP contribution in [0.25, 0.3) is 17.1 Å². The fraction of sp³-hybridized carbons (Fsp3) is 0.385. The van der Waals surface area contributed by atoms with Crippen LogP contribution in [-0.2, 0) is 17.9 Å². The molecule has 0 aliphatic carbocycles. The molecule has 0 fully saturated rings. The summed E-state index contributed by atoms with van der Waals surface area (Å²) < 4.78 is 13.6. The molecule has 0 spiro atoms. The molecule has 3 aromatic rings. The SMILES string of the molecule is C/C=C/c1ccc(OCCCCn2c(CNC(=O)C(C)C)nc3ccccc32)c(OC)c1. The molecule has 1 heterocycles. The van der Waals surface area contributed by atoms with Crippen LogP contribution in [0.1, 0.15) is 45.0 Å². The number of carbonyl (C=O) groups excluding carboxylic acids is 1. The van der Waals surface area contributed by atoms with E-state index >= 15 is 0 Å². The number of ether oxygens (including phenoxy) is 2. The van der Waals surface area contributed by atoms with Crippen LogP contribution in [-0.4, -0.2) is 29.2 Å². The van der Waals surface area contributed by atoms with Crippen LogP contribution in [0.3, 0.4) is 0 Å². The van der Waals surface area contributed by atoms with Crippen LogP contribution >= 0.6 is 0 Å². The molecule has 0 saturated carbocycles. The lowest BCUT2D eigenvalue weighted by molar-refractivity contribution is -0.124. The van der Waals surface area contributed by atoms with Crippen LogP contribution < -0.4 is 14.8 Å². The van der Waals surface area contributed by atoms with Crippen LogP contribution in [0, 0.1) is 5.92 Å². The minimum atomic E-state index is -0.0472. The minimum absolute atomic E-state index is 0.0337. The highest BCUT2D eigenvalue weighted by Gasteiger charge is 2.13. The minimum Gasteiger partial charge on any atom is -0.493 e. The lowest BCUT2D eigenvalue weighted by atomic mass is 10.2. The zero-order valence-corrected chi connectivity index (χ0v) is 19.4. The van der Waals surface area contributed by atoms with E-state index in [1.54, 1.807) is 7.11 Å². The quantitative estimate of drug-likeness (QED) is 0.420. The van der Waals surface area contributed by atoms with E-state index < -0.39 is 0 Å². The van der Waals surface area contributed by atoms with E-state index in [-0.39, 0.29) is 11.8 Å². The number of aryl methyl sites for hydroxylation is 1. The summed E-state index contributed by atoms with van der Waals surface area (Å²) in [6.07, 6.45) is 5.86. The molecule has 3 rings (SSSR count). The van der Waals surface area contributed by atoms with Gasteiger partial charge in [0, 0.05) is 12.5 Å². The Kier molecular flexibility index (Phi) is 8.31. The Bertz CT molecular complexity index is 1070. The Morgan fingerprint density at radius 2 is 1.97 bits per heavy atom. The summed E-state index contributed by atoms with van der Waals surface area (Å²) in [6, 6.07) is 14.0. The second-order valence-electron chi connectivity index (χ2n) is 8.01. The maximum Gasteiger partial charge on any atom is 0.222 e. The van der Waals surface area contributed by atoms with E-state index in [1.807, 2.05) is 69.3 Å². The van der Waals surface area contributed by atoms with Crippen molar-refractivity contribution in [2.24, 2.45) is 5.92 Å². The molecule has 0 saturated heterocycles. The first-order chi connectivity index (χ1) is 15.5. The van der Waals surface area contributed by atoms with Crippen molar-refractivity contribution in [2.45, 2.75) is 46.7 Å². The summed E-state index contributed by atoms with van der Waals surface area (Å²) in [7, 11) is 1.66. The first-order valence-electron chi connectivity index (χ1n) is 11.2. The number of hydrogen-bond donors (Lipinski definition) is 1. The zero-order chi connectivity index (χ0) is 22.9. The van der Waals surface area contributed by atoms with Gasteiger partial charge in [0.25, 0.3) is 0 Å². The van der Waals surface area contributed by atoms with Gasteiger partial charge < -0.3 is 19.4 Å². The summed E-state index contributed by atoms with van der Waals surface area (Å²) >= 11 is 0. The number of hydrogen-bond acceptors (Lipinski definition) is 4. The number of allylic oxidation sites excluding steroid dienone is 1. The van der Waals surface area contributed by atoms with Crippen LogP contribution in [0.2, 0.25) is 0 Å². The molecule has 6 nitrogen and oxygen atoms in total. The number of nitrogens with zero attached hydrogens (tertiary/aromatic N) is 2. The molecule has 0 aliphatic heterocycles. The third kappa shape index (κ3) is 5.90. The number of para-hydroxylation sites is 2. The number of nitrogens with one attached hydrogen (secondary N) is 1. The number of unbranched alkanes of at least 4 members (excludes halogenated alkanes) is 1. The molecule has 0 aliphatic rings. The van der Waals surface area contributed by atoms with Crippen molar-refractivity contribution >= 4 is 23.0 Å². The van der Waals surface area contributed by atoms with Crippen molar-refractivity contribution < 1.29 is 14.3 Å². The predicted molar refractivity (Wildman–Crippen MR) is 129 cm³/mol. The van der Waals surface area contributed by atoms with Crippen LogP contribution in [0.4, 0.5) is 0 Å². The number of fused-ring (bicyclic) bond motifs is 1. The standard InChI is InChI=1S/C26H33N3O3/c1-5-10-20-13-14-23(24(17-20)31-4)32-16-9-8-15-29-22-12-7-6-11-21(22)28-25(29)18-27-26(30)19(2)3/h5-7,10-14,17,19H,8-9,15-16,18H2,1-4H3,(H,27,30)/b10-5+. The predicted octanol–water partition coefficient (Wildman–Crippen LogP) is 5.21. The smallest absolute Gasteiger partial charge is 0.222 e. The molecule has 0 radical (unpaired) electrons. The van der Waals surface area contributed by atoms with Gasteiger partial charge in [0.15, 0.2) is 11.5 Å². The fourth-order valence-electron chi connectivity index (χ4n) is 3.53. The molecule has 0 bridgehead atoms. The Morgan fingerprint density at radius 1 is 1.16 bits per heavy atom. The van der Waals surface area contributed by atoms with Crippen molar-refractivity contribution in [2.75, 3.05) is 13.7 Å². The van der Waals surface area contributed by atoms with E-state index in [4.69, 9.17) is 14.5 Å². The Morgan fingerprint density at radius 3 is 2.72 bits per heavy atom. The first kappa shape index (κ1) is 23.4. The van der Waals surface area contributed by atoms with E-state index in [9.17, 15) is 4.79 Å². The van der Waals surface area contributed by atoms with Gasteiger partial charge in [-0.25, -0.2) is 4.98 Å². The lowest BCUT2D eigenvalue weighted by Crippen LogP contribution is -2.28. The normalized spacial score (nSPS) is 11.4. The summed E-state index contributed by atoms with van der Waals surface area (Å²) in [6.45, 7) is 7.62. The van der Waals surface area contributed by atoms with Crippen molar-refractivity contribution in [1.29, 1.82) is 0 Å². The molecule has 2 aromatic carbocycles. The monoisotopic (exact) mass is 435 g/mol. The Hall–Kier alpha value is -3.28. The third-order valence-electron chi connectivity index (χ3n) is 5.26. The van der Waals surface area contributed by atoms with Crippen molar-refractivity contribution in [1.82, 2.24) is 14.9 Å². The number of imidazole rings is 1. The molecule has 0 atom stereocenters. The Labute approximate surface area is 190 Å². The second kappa shape index (κ2) is 11.4. The highest BCUT2D eigenvalue weighted by atomic mass is 16.5. The van der Waals surface area contributed by atoms with Crippen LogP contribution in [0.15, 0.2) is 48.5 Å². The zero-order valence-electron chi connectivity index (χ0n) is 19.4. The van der Waals surface area contributed by atoms with Gasteiger partial charge in [-0.3, -0.25) is 4.79 Å². The molecule has 1 amide bonds. The van der Waals surface area contributed by atoms with Crippen molar-refractivity contribution in [3.05, 3.63) is 59.9 Å². The van der Waals surface area contributed by atoms with E-state index in [2.05, 4.69) is 16.0 Å². The van der Waals surface area contributed by atoms with Crippen LogP contribution in [0.5, 0.6) is 11.5 Å². The van der Waals surface area contributed by atoms with Gasteiger partial charge in [-0.2, -0.15) is 0 Å². The third-order valence-corrected chi connectivity index (χ3v) is 5.26. The largest absolute Gasteiger partial charge is 0.493 e. The number of aromatic nitrogens is 2. The maximum absolute atomic E-state index is 12.0. The average Bonchev–Trinajstić information content (AvgIpc) is 3.15. The first-order valence-corrected chi connectivity index (χ1v) is 11.2. The van der Waals surface area contributed by atoms with Gasteiger partial charge >= 0.3 is 0 Å². The molecular formula is C26H33N3O3. The van der Waals surface area contributed by atoms with E-state index in [0.717, 1.165) is 53.3 Å². The number of rotatable bonds is 11. The number of benzene rings is 2. The van der Waals surface area contributed by atoms with Crippen molar-refractivity contribution in [3.8, 4) is 11.5 Å². The number of carbonyl (C=O) groups is 1. The molecule has 1 N–H and O–H groups in total. The fourth-order valence-corrected chi connectivity index (χ4v) is 3.53. The Balaban J connectivity index is 1.59. The lowest BCUT2D eigenvalue weighted by Gasteiger charge is -2.13. The molecule has 0 unspecified atom stereocenters. The summed E-state index contributed by atoms with van der Waals surface area (Å²) in [5, 5.41) is 2.98. The molecule has 6 heteroatoms. The van der Waals surface area contributed by atoms with Gasteiger partial charge in [-0.15, -0.1) is 0 Å². The van der Waals surface area contributed by atoms with E-state index in [1.165, 1.54) is 0 Å². The summed E-state index contributed by atoms with van der Waals surface area (Å²) in [5.41, 5.74) is 3.12. The number of amides is 1.